The Kier molecular flexibility index (Phi) is 8.42. The standard InChI is InChI=1S/C30H42ClN7O2/c31-25-8-6-23(7-9-25)18-26(34-28(39)27-19-35-14-16-36(27)17-15-35)29(40)37-12-10-30(11-13-37,20-38-22-32-21-33-38)24-4-2-1-3-5-24/h6-9,21-22,24,26-27H,1-5,10-20H2,(H,34,39)/t26-,27?/m1/s1. The van der Waals surface area contributed by atoms with E-state index in [2.05, 4.69) is 25.2 Å². The fourth-order valence-electron chi connectivity index (χ4n) is 7.63. The van der Waals surface area contributed by atoms with E-state index in [0.717, 1.165) is 57.7 Å². The van der Waals surface area contributed by atoms with Gasteiger partial charge in [0.15, 0.2) is 0 Å². The van der Waals surface area contributed by atoms with Gasteiger partial charge in [-0.3, -0.25) is 24.1 Å². The van der Waals surface area contributed by atoms with Crippen LogP contribution >= 0.6 is 11.6 Å². The summed E-state index contributed by atoms with van der Waals surface area (Å²) in [6, 6.07) is 6.82. The summed E-state index contributed by atoms with van der Waals surface area (Å²) in [5.74, 6) is 0.645. The van der Waals surface area contributed by atoms with E-state index < -0.39 is 6.04 Å². The van der Waals surface area contributed by atoms with Crippen molar-refractivity contribution in [2.75, 3.05) is 45.8 Å². The third-order valence-corrected chi connectivity index (χ3v) is 10.3. The maximum Gasteiger partial charge on any atom is 0.245 e. The molecule has 2 amide bonds. The number of carbonyl (C=O) groups is 2. The number of piperidine rings is 1. The lowest BCUT2D eigenvalue weighted by atomic mass is 9.63. The fourth-order valence-corrected chi connectivity index (χ4v) is 7.76. The van der Waals surface area contributed by atoms with Gasteiger partial charge in [-0.15, -0.1) is 0 Å². The first-order valence-corrected chi connectivity index (χ1v) is 15.5. The van der Waals surface area contributed by atoms with Gasteiger partial charge >= 0.3 is 0 Å². The predicted molar refractivity (Wildman–Crippen MR) is 154 cm³/mol. The number of likely N-dealkylation sites (tertiary alicyclic amines) is 1. The molecule has 4 aliphatic heterocycles. The van der Waals surface area contributed by atoms with Gasteiger partial charge in [0.2, 0.25) is 11.8 Å². The summed E-state index contributed by atoms with van der Waals surface area (Å²) in [4.78, 5) is 38.4. The largest absolute Gasteiger partial charge is 0.343 e. The minimum atomic E-state index is -0.595. The Bertz CT molecular complexity index is 1140. The Labute approximate surface area is 242 Å². The Morgan fingerprint density at radius 3 is 2.35 bits per heavy atom. The molecule has 1 unspecified atom stereocenters. The van der Waals surface area contributed by atoms with Crippen LogP contribution in [0.4, 0.5) is 0 Å². The molecule has 5 heterocycles. The SMILES string of the molecule is O=C(N[C@H](Cc1ccc(Cl)cc1)C(=O)N1CCC(Cn2cncn2)(C2CCCCC2)CC1)C1CN2CCN1CC2. The van der Waals surface area contributed by atoms with Crippen LogP contribution in [0.25, 0.3) is 0 Å². The first-order chi connectivity index (χ1) is 19.5. The highest BCUT2D eigenvalue weighted by molar-refractivity contribution is 6.30. The molecule has 0 spiro atoms. The first-order valence-electron chi connectivity index (χ1n) is 15.1. The molecule has 4 saturated heterocycles. The van der Waals surface area contributed by atoms with Crippen molar-refractivity contribution in [1.29, 1.82) is 0 Å². The molecule has 1 aliphatic carbocycles. The molecule has 40 heavy (non-hydrogen) atoms. The van der Waals surface area contributed by atoms with Crippen LogP contribution in [0.15, 0.2) is 36.9 Å². The van der Waals surface area contributed by atoms with Gasteiger partial charge < -0.3 is 10.2 Å². The molecule has 1 aromatic heterocycles. The number of fused-ring (bicyclic) bond motifs is 3. The Morgan fingerprint density at radius 2 is 1.73 bits per heavy atom. The van der Waals surface area contributed by atoms with E-state index in [1.54, 1.807) is 6.33 Å². The van der Waals surface area contributed by atoms with Gasteiger partial charge in [-0.25, -0.2) is 4.98 Å². The van der Waals surface area contributed by atoms with Crippen molar-refractivity contribution in [3.05, 3.63) is 47.5 Å². The average molecular weight is 568 g/mol. The van der Waals surface area contributed by atoms with Crippen LogP contribution < -0.4 is 5.32 Å². The summed E-state index contributed by atoms with van der Waals surface area (Å²) < 4.78 is 1.99. The minimum Gasteiger partial charge on any atom is -0.343 e. The second kappa shape index (κ2) is 12.2. The van der Waals surface area contributed by atoms with Crippen molar-refractivity contribution in [1.82, 2.24) is 34.8 Å². The highest BCUT2D eigenvalue weighted by atomic mass is 35.5. The number of nitrogens with one attached hydrogen (secondary N) is 1. The molecule has 7 rings (SSSR count). The molecule has 2 aromatic rings. The maximum absolute atomic E-state index is 14.1. The lowest BCUT2D eigenvalue weighted by Gasteiger charge is -2.48. The molecular formula is C30H42ClN7O2. The second-order valence-corrected chi connectivity index (χ2v) is 12.8. The lowest BCUT2D eigenvalue weighted by molar-refractivity contribution is -0.142. The molecule has 9 nitrogen and oxygen atoms in total. The third kappa shape index (κ3) is 6.06. The van der Waals surface area contributed by atoms with Crippen molar-refractivity contribution >= 4 is 23.4 Å². The molecule has 1 N–H and O–H groups in total. The number of halogens is 1. The van der Waals surface area contributed by atoms with E-state index in [-0.39, 0.29) is 23.3 Å². The monoisotopic (exact) mass is 567 g/mol. The number of nitrogens with zero attached hydrogens (tertiary/aromatic N) is 6. The molecule has 5 aliphatic rings. The van der Waals surface area contributed by atoms with Gasteiger partial charge in [-0.1, -0.05) is 43.0 Å². The first kappa shape index (κ1) is 27.7. The second-order valence-electron chi connectivity index (χ2n) is 12.4. The molecular weight excluding hydrogens is 526 g/mol. The van der Waals surface area contributed by atoms with E-state index in [4.69, 9.17) is 11.6 Å². The van der Waals surface area contributed by atoms with Gasteiger partial charge in [0.25, 0.3) is 0 Å². The molecule has 1 saturated carbocycles. The van der Waals surface area contributed by atoms with Crippen molar-refractivity contribution in [3.63, 3.8) is 0 Å². The zero-order valence-corrected chi connectivity index (χ0v) is 24.1. The lowest BCUT2D eigenvalue weighted by Crippen LogP contribution is -2.66. The highest BCUT2D eigenvalue weighted by Gasteiger charge is 2.44. The number of piperazine rings is 3. The van der Waals surface area contributed by atoms with E-state index in [0.29, 0.717) is 30.5 Å². The summed E-state index contributed by atoms with van der Waals surface area (Å²) in [6.07, 6.45) is 12.2. The van der Waals surface area contributed by atoms with Gasteiger partial charge in [0.1, 0.15) is 24.7 Å². The van der Waals surface area contributed by atoms with E-state index >= 15 is 0 Å². The Balaban J connectivity index is 1.17. The van der Waals surface area contributed by atoms with Crippen LogP contribution in [0, 0.1) is 11.3 Å². The maximum atomic E-state index is 14.1. The summed E-state index contributed by atoms with van der Waals surface area (Å²) in [5.41, 5.74) is 1.13. The van der Waals surface area contributed by atoms with Gasteiger partial charge in [-0.05, 0) is 54.7 Å². The van der Waals surface area contributed by atoms with Crippen LogP contribution in [-0.4, -0.2) is 99.2 Å². The average Bonchev–Trinajstić information content (AvgIpc) is 3.52. The normalized spacial score (nSPS) is 27.3. The van der Waals surface area contributed by atoms with Gasteiger partial charge in [0, 0.05) is 63.8 Å². The number of carbonyl (C=O) groups excluding carboxylic acids is 2. The number of benzene rings is 1. The number of hydrogen-bond acceptors (Lipinski definition) is 6. The number of rotatable bonds is 8. The molecule has 10 heteroatoms. The van der Waals surface area contributed by atoms with Crippen LogP contribution in [0.5, 0.6) is 0 Å². The molecule has 5 fully saturated rings. The summed E-state index contributed by atoms with van der Waals surface area (Å²) in [5, 5.41) is 8.30. The summed E-state index contributed by atoms with van der Waals surface area (Å²) in [7, 11) is 0. The van der Waals surface area contributed by atoms with Gasteiger partial charge in [0.05, 0.1) is 0 Å². The molecule has 2 atom stereocenters. The van der Waals surface area contributed by atoms with Crippen LogP contribution in [0.1, 0.15) is 50.5 Å². The quantitative estimate of drug-likeness (QED) is 0.528. The summed E-state index contributed by atoms with van der Waals surface area (Å²) in [6.45, 7) is 6.87. The Hall–Kier alpha value is -2.49. The van der Waals surface area contributed by atoms with Gasteiger partial charge in [-0.2, -0.15) is 5.10 Å². The number of amides is 2. The zero-order chi connectivity index (χ0) is 27.5. The molecule has 1 aromatic carbocycles. The fraction of sp³-hybridized carbons (Fsp3) is 0.667. The third-order valence-electron chi connectivity index (χ3n) is 10.0. The van der Waals surface area contributed by atoms with E-state index in [9.17, 15) is 9.59 Å². The van der Waals surface area contributed by atoms with E-state index in [1.807, 2.05) is 40.2 Å². The Morgan fingerprint density at radius 1 is 1.00 bits per heavy atom. The molecule has 0 radical (unpaired) electrons. The van der Waals surface area contributed by atoms with Crippen molar-refractivity contribution < 1.29 is 9.59 Å². The van der Waals surface area contributed by atoms with Crippen LogP contribution in [0.2, 0.25) is 5.02 Å². The predicted octanol–water partition coefficient (Wildman–Crippen LogP) is 2.85. The summed E-state index contributed by atoms with van der Waals surface area (Å²) >= 11 is 6.13. The van der Waals surface area contributed by atoms with Crippen molar-refractivity contribution in [2.45, 2.75) is 70.0 Å². The number of aromatic nitrogens is 3. The smallest absolute Gasteiger partial charge is 0.245 e. The van der Waals surface area contributed by atoms with E-state index in [1.165, 1.54) is 32.1 Å². The van der Waals surface area contributed by atoms with Crippen molar-refractivity contribution in [2.24, 2.45) is 11.3 Å². The van der Waals surface area contributed by atoms with Crippen LogP contribution in [-0.2, 0) is 22.6 Å². The topological polar surface area (TPSA) is 86.6 Å². The van der Waals surface area contributed by atoms with Crippen LogP contribution in [0.3, 0.4) is 0 Å². The zero-order valence-electron chi connectivity index (χ0n) is 23.4. The number of hydrogen-bond donors (Lipinski definition) is 1. The minimum absolute atomic E-state index is 0.0255. The molecule has 2 bridgehead atoms. The highest BCUT2D eigenvalue weighted by Crippen LogP contribution is 2.47. The van der Waals surface area contributed by atoms with Crippen molar-refractivity contribution in [3.8, 4) is 0 Å². The molecule has 216 valence electrons.